The predicted octanol–water partition coefficient (Wildman–Crippen LogP) is 4.81. The van der Waals surface area contributed by atoms with E-state index in [1.807, 2.05) is 81.1 Å². The number of nitrogens with zero attached hydrogens (tertiary/aromatic N) is 1. The van der Waals surface area contributed by atoms with Crippen molar-refractivity contribution in [3.05, 3.63) is 59.7 Å². The first-order valence-corrected chi connectivity index (χ1v) is 13.8. The summed E-state index contributed by atoms with van der Waals surface area (Å²) in [5, 5.41) is 11.8. The summed E-state index contributed by atoms with van der Waals surface area (Å²) in [6, 6.07) is 15.4. The number of carbonyl (C=O) groups excluding carboxylic acids is 2. The minimum Gasteiger partial charge on any atom is -0.494 e. The first-order valence-electron chi connectivity index (χ1n) is 13.8. The highest BCUT2D eigenvalue weighted by atomic mass is 16.5. The predicted molar refractivity (Wildman–Crippen MR) is 150 cm³/mol. The lowest BCUT2D eigenvalue weighted by molar-refractivity contribution is -0.137. The molecule has 0 bridgehead atoms. The number of rotatable bonds is 12. The average molecular weight is 539 g/mol. The monoisotopic (exact) mass is 538 g/mol. The van der Waals surface area contributed by atoms with Crippen LogP contribution in [0.3, 0.4) is 0 Å². The van der Waals surface area contributed by atoms with Gasteiger partial charge in [-0.3, -0.25) is 14.4 Å². The molecule has 2 amide bonds. The van der Waals surface area contributed by atoms with Crippen molar-refractivity contribution in [1.29, 1.82) is 0 Å². The van der Waals surface area contributed by atoms with Gasteiger partial charge in [0.25, 0.3) is 0 Å². The molecule has 0 radical (unpaired) electrons. The van der Waals surface area contributed by atoms with Crippen molar-refractivity contribution in [2.45, 2.75) is 71.3 Å². The zero-order valence-corrected chi connectivity index (χ0v) is 23.6. The van der Waals surface area contributed by atoms with Gasteiger partial charge in [-0.05, 0) is 88.3 Å². The van der Waals surface area contributed by atoms with Gasteiger partial charge in [-0.2, -0.15) is 0 Å². The van der Waals surface area contributed by atoms with E-state index in [1.54, 1.807) is 0 Å². The first kappa shape index (κ1) is 30.0. The molecule has 1 saturated heterocycles. The van der Waals surface area contributed by atoms with Crippen molar-refractivity contribution < 1.29 is 29.0 Å². The second-order valence-electron chi connectivity index (χ2n) is 11.0. The smallest absolute Gasteiger partial charge is 0.305 e. The van der Waals surface area contributed by atoms with Crippen LogP contribution in [0.25, 0.3) is 0 Å². The van der Waals surface area contributed by atoms with Crippen LogP contribution in [0.4, 0.5) is 0 Å². The minimum atomic E-state index is -0.951. The van der Waals surface area contributed by atoms with Crippen molar-refractivity contribution in [3.8, 4) is 11.5 Å². The highest BCUT2D eigenvalue weighted by Crippen LogP contribution is 2.34. The molecule has 0 spiro atoms. The van der Waals surface area contributed by atoms with Gasteiger partial charge in [0.05, 0.1) is 18.9 Å². The number of nitrogens with one attached hydrogen (secondary N) is 1. The highest BCUT2D eigenvalue weighted by molar-refractivity contribution is 5.84. The van der Waals surface area contributed by atoms with E-state index in [1.165, 1.54) is 0 Å². The maximum Gasteiger partial charge on any atom is 0.305 e. The van der Waals surface area contributed by atoms with Crippen LogP contribution in [-0.4, -0.2) is 59.6 Å². The Labute approximate surface area is 231 Å². The molecule has 2 aromatic rings. The Morgan fingerprint density at radius 1 is 0.974 bits per heavy atom. The van der Waals surface area contributed by atoms with E-state index in [4.69, 9.17) is 14.6 Å². The van der Waals surface area contributed by atoms with Gasteiger partial charge in [-0.1, -0.05) is 24.3 Å². The van der Waals surface area contributed by atoms with E-state index in [0.717, 1.165) is 22.6 Å². The highest BCUT2D eigenvalue weighted by Gasteiger charge is 2.34. The summed E-state index contributed by atoms with van der Waals surface area (Å²) in [4.78, 5) is 39.0. The van der Waals surface area contributed by atoms with Crippen molar-refractivity contribution in [2.75, 3.05) is 26.2 Å². The largest absolute Gasteiger partial charge is 0.494 e. The third kappa shape index (κ3) is 9.61. The third-order valence-corrected chi connectivity index (χ3v) is 6.81. The molecule has 0 saturated carbocycles. The molecule has 0 unspecified atom stereocenters. The SMILES string of the molecule is CCOc1ccc(CCC(=O)N2CCC([C@H](C(=O)NCCC(=O)O)c3ccc(OC(C)(C)C)cc3)CC2)cc1. The summed E-state index contributed by atoms with van der Waals surface area (Å²) in [6.45, 7) is 9.77. The summed E-state index contributed by atoms with van der Waals surface area (Å²) in [7, 11) is 0. The Morgan fingerprint density at radius 3 is 2.15 bits per heavy atom. The summed E-state index contributed by atoms with van der Waals surface area (Å²) in [5.74, 6) is 0.154. The van der Waals surface area contributed by atoms with Crippen LogP contribution in [0.2, 0.25) is 0 Å². The van der Waals surface area contributed by atoms with E-state index in [-0.39, 0.29) is 36.3 Å². The number of amides is 2. The molecule has 1 aliphatic rings. The Morgan fingerprint density at radius 2 is 1.59 bits per heavy atom. The number of aryl methyl sites for hydroxylation is 1. The average Bonchev–Trinajstić information content (AvgIpc) is 2.89. The van der Waals surface area contributed by atoms with Crippen LogP contribution in [0.5, 0.6) is 11.5 Å². The van der Waals surface area contributed by atoms with Gasteiger partial charge >= 0.3 is 5.97 Å². The molecule has 3 rings (SSSR count). The molecule has 0 aromatic heterocycles. The normalized spacial score (nSPS) is 14.9. The molecule has 1 heterocycles. The Bertz CT molecular complexity index is 1080. The number of carboxylic acids is 1. The Kier molecular flexibility index (Phi) is 10.8. The molecule has 1 fully saturated rings. The summed E-state index contributed by atoms with van der Waals surface area (Å²) in [6.07, 6.45) is 2.38. The van der Waals surface area contributed by atoms with E-state index in [0.29, 0.717) is 45.4 Å². The molecular weight excluding hydrogens is 496 g/mol. The van der Waals surface area contributed by atoms with Gasteiger partial charge in [0.1, 0.15) is 17.1 Å². The zero-order chi connectivity index (χ0) is 28.4. The molecular formula is C31H42N2O6. The van der Waals surface area contributed by atoms with Gasteiger partial charge in [-0.25, -0.2) is 0 Å². The van der Waals surface area contributed by atoms with Crippen LogP contribution in [0, 0.1) is 5.92 Å². The fraction of sp³-hybridized carbons (Fsp3) is 0.516. The molecule has 212 valence electrons. The number of ether oxygens (including phenoxy) is 2. The maximum atomic E-state index is 13.3. The van der Waals surface area contributed by atoms with Crippen LogP contribution in [-0.2, 0) is 20.8 Å². The first-order chi connectivity index (χ1) is 18.6. The van der Waals surface area contributed by atoms with Gasteiger partial charge in [0, 0.05) is 26.1 Å². The van der Waals surface area contributed by atoms with Gasteiger partial charge in [0.2, 0.25) is 11.8 Å². The number of hydrogen-bond acceptors (Lipinski definition) is 5. The number of benzene rings is 2. The summed E-state index contributed by atoms with van der Waals surface area (Å²) in [5.41, 5.74) is 1.63. The van der Waals surface area contributed by atoms with Gasteiger partial charge in [-0.15, -0.1) is 0 Å². The molecule has 0 aliphatic carbocycles. The number of aliphatic carboxylic acids is 1. The zero-order valence-electron chi connectivity index (χ0n) is 23.6. The van der Waals surface area contributed by atoms with Crippen molar-refractivity contribution in [3.63, 3.8) is 0 Å². The maximum absolute atomic E-state index is 13.3. The third-order valence-electron chi connectivity index (χ3n) is 6.81. The van der Waals surface area contributed by atoms with Gasteiger partial charge < -0.3 is 24.8 Å². The summed E-state index contributed by atoms with van der Waals surface area (Å²) >= 11 is 0. The standard InChI is InChI=1S/C31H42N2O6/c1-5-38-25-11-6-22(7-12-25)8-15-27(34)33-20-17-24(18-21-33)29(30(37)32-19-16-28(35)36)23-9-13-26(14-10-23)39-31(2,3)4/h6-7,9-14,24,29H,5,8,15-21H2,1-4H3,(H,32,37)(H,35,36)/t29-/m1/s1. The van der Waals surface area contributed by atoms with E-state index in [2.05, 4.69) is 5.32 Å². The second-order valence-corrected chi connectivity index (χ2v) is 11.0. The second kappa shape index (κ2) is 14.0. The van der Waals surface area contributed by atoms with Crippen LogP contribution < -0.4 is 14.8 Å². The fourth-order valence-electron chi connectivity index (χ4n) is 4.95. The molecule has 1 atom stereocenters. The number of carboxylic acid groups (broad SMARTS) is 1. The minimum absolute atomic E-state index is 0.0411. The van der Waals surface area contributed by atoms with Crippen molar-refractivity contribution in [1.82, 2.24) is 10.2 Å². The molecule has 1 aliphatic heterocycles. The number of likely N-dealkylation sites (tertiary alicyclic amines) is 1. The molecule has 39 heavy (non-hydrogen) atoms. The Balaban J connectivity index is 1.61. The fourth-order valence-corrected chi connectivity index (χ4v) is 4.95. The molecule has 2 N–H and O–H groups in total. The van der Waals surface area contributed by atoms with Crippen LogP contribution in [0.15, 0.2) is 48.5 Å². The number of carbonyl (C=O) groups is 3. The van der Waals surface area contributed by atoms with E-state index >= 15 is 0 Å². The van der Waals surface area contributed by atoms with E-state index in [9.17, 15) is 14.4 Å². The number of hydrogen-bond donors (Lipinski definition) is 2. The lowest BCUT2D eigenvalue weighted by atomic mass is 9.79. The quantitative estimate of drug-likeness (QED) is 0.402. The van der Waals surface area contributed by atoms with Crippen molar-refractivity contribution >= 4 is 17.8 Å². The number of piperidine rings is 1. The lowest BCUT2D eigenvalue weighted by Gasteiger charge is -2.36. The summed E-state index contributed by atoms with van der Waals surface area (Å²) < 4.78 is 11.4. The Hall–Kier alpha value is -3.55. The molecule has 8 nitrogen and oxygen atoms in total. The van der Waals surface area contributed by atoms with Crippen LogP contribution in [0.1, 0.15) is 70.4 Å². The van der Waals surface area contributed by atoms with Gasteiger partial charge in [0.15, 0.2) is 0 Å². The van der Waals surface area contributed by atoms with Crippen molar-refractivity contribution in [2.24, 2.45) is 5.92 Å². The molecule has 2 aromatic carbocycles. The van der Waals surface area contributed by atoms with Crippen LogP contribution >= 0.6 is 0 Å². The molecule has 8 heteroatoms. The van der Waals surface area contributed by atoms with E-state index < -0.39 is 11.9 Å². The topological polar surface area (TPSA) is 105 Å². The lowest BCUT2D eigenvalue weighted by Crippen LogP contribution is -2.43.